The first-order valence-corrected chi connectivity index (χ1v) is 7.99. The lowest BCUT2D eigenvalue weighted by Gasteiger charge is -2.12. The molecule has 0 unspecified atom stereocenters. The van der Waals surface area contributed by atoms with Gasteiger partial charge in [-0.25, -0.2) is 8.42 Å². The Bertz CT molecular complexity index is 696. The average molecular weight is 307 g/mol. The molecule has 0 spiro atoms. The van der Waals surface area contributed by atoms with Crippen LogP contribution >= 0.6 is 0 Å². The maximum Gasteiger partial charge on any atom is 0.262 e. The van der Waals surface area contributed by atoms with E-state index in [1.54, 1.807) is 36.4 Å². The van der Waals surface area contributed by atoms with Crippen molar-refractivity contribution in [1.29, 1.82) is 0 Å². The van der Waals surface area contributed by atoms with Crippen LogP contribution in [0, 0.1) is 0 Å². The van der Waals surface area contributed by atoms with Crippen molar-refractivity contribution in [2.45, 2.75) is 18.4 Å². The van der Waals surface area contributed by atoms with Crippen LogP contribution in [0.25, 0.3) is 0 Å². The Labute approximate surface area is 124 Å². The number of benzene rings is 2. The van der Waals surface area contributed by atoms with Crippen LogP contribution in [0.1, 0.15) is 12.5 Å². The van der Waals surface area contributed by atoms with Gasteiger partial charge in [0.25, 0.3) is 10.0 Å². The first-order valence-electron chi connectivity index (χ1n) is 6.51. The minimum atomic E-state index is -3.69. The number of nitrogens with one attached hydrogen (secondary N) is 1. The monoisotopic (exact) mass is 307 g/mol. The van der Waals surface area contributed by atoms with E-state index in [4.69, 9.17) is 9.84 Å². The number of para-hydroxylation sites is 2. The van der Waals surface area contributed by atoms with Crippen LogP contribution in [0.15, 0.2) is 53.4 Å². The summed E-state index contributed by atoms with van der Waals surface area (Å²) in [5.41, 5.74) is 1.05. The van der Waals surface area contributed by atoms with Crippen molar-refractivity contribution in [1.82, 2.24) is 0 Å². The molecule has 2 N–H and O–H groups in total. The van der Waals surface area contributed by atoms with Crippen LogP contribution in [0.5, 0.6) is 5.75 Å². The second-order valence-electron chi connectivity index (χ2n) is 4.34. The molecule has 0 atom stereocenters. The molecule has 0 aliphatic carbocycles. The van der Waals surface area contributed by atoms with Crippen LogP contribution in [-0.4, -0.2) is 20.1 Å². The third kappa shape index (κ3) is 3.74. The molecule has 0 saturated heterocycles. The zero-order chi connectivity index (χ0) is 15.3. The largest absolute Gasteiger partial charge is 0.492 e. The summed E-state index contributed by atoms with van der Waals surface area (Å²) in [5.74, 6) is 0.482. The van der Waals surface area contributed by atoms with Gasteiger partial charge in [0.1, 0.15) is 5.75 Å². The predicted molar refractivity (Wildman–Crippen MR) is 80.8 cm³/mol. The van der Waals surface area contributed by atoms with Crippen molar-refractivity contribution in [2.24, 2.45) is 0 Å². The van der Waals surface area contributed by atoms with Gasteiger partial charge in [0, 0.05) is 0 Å². The Hall–Kier alpha value is -2.05. The first-order chi connectivity index (χ1) is 10.1. The number of hydrogen-bond acceptors (Lipinski definition) is 4. The Kier molecular flexibility index (Phi) is 4.82. The van der Waals surface area contributed by atoms with Gasteiger partial charge in [-0.15, -0.1) is 0 Å². The van der Waals surface area contributed by atoms with E-state index >= 15 is 0 Å². The molecular weight excluding hydrogens is 290 g/mol. The summed E-state index contributed by atoms with van der Waals surface area (Å²) < 4.78 is 32.6. The number of rotatable bonds is 6. The number of anilines is 1. The number of hydrogen-bond donors (Lipinski definition) is 2. The van der Waals surface area contributed by atoms with Gasteiger partial charge in [0.2, 0.25) is 0 Å². The highest BCUT2D eigenvalue weighted by Crippen LogP contribution is 2.26. The summed E-state index contributed by atoms with van der Waals surface area (Å²) >= 11 is 0. The molecule has 2 aromatic rings. The van der Waals surface area contributed by atoms with Gasteiger partial charge >= 0.3 is 0 Å². The van der Waals surface area contributed by atoms with E-state index in [-0.39, 0.29) is 11.5 Å². The fourth-order valence-corrected chi connectivity index (χ4v) is 2.88. The summed E-state index contributed by atoms with van der Waals surface area (Å²) in [4.78, 5) is 0.131. The fraction of sp³-hybridized carbons (Fsp3) is 0.200. The SMILES string of the molecule is CCOc1ccccc1NS(=O)(=O)c1ccc(CO)cc1. The lowest BCUT2D eigenvalue weighted by Crippen LogP contribution is -2.14. The minimum absolute atomic E-state index is 0.124. The highest BCUT2D eigenvalue weighted by atomic mass is 32.2. The zero-order valence-electron chi connectivity index (χ0n) is 11.6. The predicted octanol–water partition coefficient (Wildman–Crippen LogP) is 2.38. The van der Waals surface area contributed by atoms with Crippen LogP contribution in [-0.2, 0) is 16.6 Å². The smallest absolute Gasteiger partial charge is 0.262 e. The number of aliphatic hydroxyl groups excluding tert-OH is 1. The van der Waals surface area contributed by atoms with Crippen LogP contribution in [0.4, 0.5) is 5.69 Å². The Morgan fingerprint density at radius 1 is 1.10 bits per heavy atom. The second kappa shape index (κ2) is 6.60. The molecule has 2 aromatic carbocycles. The number of sulfonamides is 1. The van der Waals surface area contributed by atoms with Crippen molar-refractivity contribution >= 4 is 15.7 Å². The highest BCUT2D eigenvalue weighted by Gasteiger charge is 2.16. The topological polar surface area (TPSA) is 75.6 Å². The molecule has 2 rings (SSSR count). The van der Waals surface area contributed by atoms with Crippen molar-refractivity contribution in [3.05, 3.63) is 54.1 Å². The lowest BCUT2D eigenvalue weighted by atomic mass is 10.2. The molecule has 21 heavy (non-hydrogen) atoms. The summed E-state index contributed by atoms with van der Waals surface area (Å²) in [7, 11) is -3.69. The van der Waals surface area contributed by atoms with Gasteiger partial charge in [-0.05, 0) is 36.8 Å². The molecule has 0 saturated carbocycles. The maximum absolute atomic E-state index is 12.3. The van der Waals surface area contributed by atoms with Gasteiger partial charge in [-0.3, -0.25) is 4.72 Å². The Balaban J connectivity index is 2.28. The summed E-state index contributed by atoms with van der Waals surface area (Å²) in [6.45, 7) is 2.16. The van der Waals surface area contributed by atoms with Gasteiger partial charge in [-0.1, -0.05) is 24.3 Å². The molecule has 5 nitrogen and oxygen atoms in total. The standard InChI is InChI=1S/C15H17NO4S/c1-2-20-15-6-4-3-5-14(15)16-21(18,19)13-9-7-12(11-17)8-10-13/h3-10,16-17H,2,11H2,1H3. The van der Waals surface area contributed by atoms with E-state index < -0.39 is 10.0 Å². The molecule has 0 heterocycles. The zero-order valence-corrected chi connectivity index (χ0v) is 12.4. The fourth-order valence-electron chi connectivity index (χ4n) is 1.81. The molecule has 0 aliphatic heterocycles. The Morgan fingerprint density at radius 2 is 1.76 bits per heavy atom. The lowest BCUT2D eigenvalue weighted by molar-refractivity contribution is 0.282. The van der Waals surface area contributed by atoms with Gasteiger partial charge in [0.15, 0.2) is 0 Å². The maximum atomic E-state index is 12.3. The molecule has 0 bridgehead atoms. The minimum Gasteiger partial charge on any atom is -0.492 e. The van der Waals surface area contributed by atoms with E-state index in [0.717, 1.165) is 0 Å². The normalized spacial score (nSPS) is 11.1. The van der Waals surface area contributed by atoms with E-state index in [2.05, 4.69) is 4.72 Å². The summed E-state index contributed by atoms with van der Waals surface area (Å²) in [5, 5.41) is 8.98. The van der Waals surface area contributed by atoms with Crippen molar-refractivity contribution in [3.8, 4) is 5.75 Å². The summed E-state index contributed by atoms with van der Waals surface area (Å²) in [6.07, 6.45) is 0. The third-order valence-corrected chi connectivity index (χ3v) is 4.23. The average Bonchev–Trinajstić information content (AvgIpc) is 2.49. The van der Waals surface area contributed by atoms with E-state index in [1.165, 1.54) is 12.1 Å². The molecule has 0 amide bonds. The molecule has 0 aliphatic rings. The van der Waals surface area contributed by atoms with E-state index in [1.807, 2.05) is 6.92 Å². The van der Waals surface area contributed by atoms with Gasteiger partial charge in [0.05, 0.1) is 23.8 Å². The van der Waals surface area contributed by atoms with Gasteiger partial charge < -0.3 is 9.84 Å². The Morgan fingerprint density at radius 3 is 2.38 bits per heavy atom. The van der Waals surface area contributed by atoms with Crippen LogP contribution in [0.3, 0.4) is 0 Å². The molecule has 0 fully saturated rings. The summed E-state index contributed by atoms with van der Waals surface area (Å²) in [6, 6.07) is 12.9. The van der Waals surface area contributed by atoms with Gasteiger partial charge in [-0.2, -0.15) is 0 Å². The van der Waals surface area contributed by atoms with Crippen molar-refractivity contribution < 1.29 is 18.3 Å². The molecule has 112 valence electrons. The van der Waals surface area contributed by atoms with Crippen LogP contribution < -0.4 is 9.46 Å². The second-order valence-corrected chi connectivity index (χ2v) is 6.02. The molecule has 0 radical (unpaired) electrons. The molecule has 6 heteroatoms. The highest BCUT2D eigenvalue weighted by molar-refractivity contribution is 7.92. The van der Waals surface area contributed by atoms with Crippen molar-refractivity contribution in [3.63, 3.8) is 0 Å². The van der Waals surface area contributed by atoms with E-state index in [9.17, 15) is 8.42 Å². The number of ether oxygens (including phenoxy) is 1. The van der Waals surface area contributed by atoms with Crippen molar-refractivity contribution in [2.75, 3.05) is 11.3 Å². The van der Waals surface area contributed by atoms with E-state index in [0.29, 0.717) is 23.6 Å². The quantitative estimate of drug-likeness (QED) is 0.859. The molecular formula is C15H17NO4S. The first kappa shape index (κ1) is 15.3. The third-order valence-electron chi connectivity index (χ3n) is 2.85. The molecule has 0 aromatic heterocycles. The van der Waals surface area contributed by atoms with Crippen LogP contribution in [0.2, 0.25) is 0 Å². The number of aliphatic hydroxyl groups is 1.